The van der Waals surface area contributed by atoms with Crippen molar-refractivity contribution in [3.63, 3.8) is 0 Å². The van der Waals surface area contributed by atoms with Gasteiger partial charge in [0.1, 0.15) is 0 Å². The summed E-state index contributed by atoms with van der Waals surface area (Å²) >= 11 is 3.68. The number of ether oxygens (including phenoxy) is 1. The molecule has 5 nitrogen and oxygen atoms in total. The zero-order valence-corrected chi connectivity index (χ0v) is 14.7. The van der Waals surface area contributed by atoms with Crippen LogP contribution in [-0.2, 0) is 16.0 Å². The number of nitrogens with zero attached hydrogens (tertiary/aromatic N) is 1. The quantitative estimate of drug-likeness (QED) is 0.815. The fourth-order valence-electron chi connectivity index (χ4n) is 3.26. The zero-order valence-electron chi connectivity index (χ0n) is 13.1. The number of nitrogens with one attached hydrogen (secondary N) is 1. The van der Waals surface area contributed by atoms with Gasteiger partial charge in [-0.3, -0.25) is 9.69 Å². The second-order valence-electron chi connectivity index (χ2n) is 6.29. The zero-order chi connectivity index (χ0) is 16.2. The normalized spacial score (nSPS) is 25.6. The molecule has 0 radical (unpaired) electrons. The first-order valence-corrected chi connectivity index (χ1v) is 8.97. The second kappa shape index (κ2) is 7.75. The van der Waals surface area contributed by atoms with Crippen molar-refractivity contribution in [1.82, 2.24) is 10.2 Å². The van der Waals surface area contributed by atoms with Crippen molar-refractivity contribution in [2.24, 2.45) is 5.92 Å². The van der Waals surface area contributed by atoms with Crippen LogP contribution in [0.5, 0.6) is 0 Å². The van der Waals surface area contributed by atoms with Crippen LogP contribution in [0.15, 0.2) is 22.7 Å². The lowest BCUT2D eigenvalue weighted by molar-refractivity contribution is -0.141. The average Bonchev–Trinajstić information content (AvgIpc) is 3.05. The molecular weight excluding hydrogens is 360 g/mol. The Labute approximate surface area is 145 Å². The molecule has 2 aliphatic heterocycles. The van der Waals surface area contributed by atoms with Gasteiger partial charge in [-0.05, 0) is 30.0 Å². The van der Waals surface area contributed by atoms with E-state index in [0.717, 1.165) is 49.3 Å². The summed E-state index contributed by atoms with van der Waals surface area (Å²) in [6.45, 7) is 5.29. The highest BCUT2D eigenvalue weighted by Gasteiger charge is 2.30. The summed E-state index contributed by atoms with van der Waals surface area (Å²) in [6, 6.07) is 6.56. The number of halogens is 1. The summed E-state index contributed by atoms with van der Waals surface area (Å²) in [5, 5.41) is 12.4. The van der Waals surface area contributed by atoms with Gasteiger partial charge in [-0.15, -0.1) is 0 Å². The first-order chi connectivity index (χ1) is 11.1. The molecule has 0 spiro atoms. The van der Waals surface area contributed by atoms with Crippen molar-refractivity contribution in [3.8, 4) is 0 Å². The van der Waals surface area contributed by atoms with Gasteiger partial charge in [0.2, 0.25) is 0 Å². The Balaban J connectivity index is 1.58. The maximum Gasteiger partial charge on any atom is 0.307 e. The van der Waals surface area contributed by atoms with Crippen molar-refractivity contribution in [2.75, 3.05) is 39.4 Å². The van der Waals surface area contributed by atoms with E-state index in [1.165, 1.54) is 5.56 Å². The maximum atomic E-state index is 11.1. The highest BCUT2D eigenvalue weighted by molar-refractivity contribution is 9.10. The maximum absolute atomic E-state index is 11.1. The van der Waals surface area contributed by atoms with Crippen LogP contribution < -0.4 is 5.32 Å². The number of benzene rings is 1. The lowest BCUT2D eigenvalue weighted by atomic mass is 9.98. The van der Waals surface area contributed by atoms with Gasteiger partial charge in [0.15, 0.2) is 0 Å². The van der Waals surface area contributed by atoms with E-state index in [0.29, 0.717) is 13.0 Å². The number of aliphatic carboxylic acids is 1. The van der Waals surface area contributed by atoms with Crippen molar-refractivity contribution in [3.05, 3.63) is 33.8 Å². The van der Waals surface area contributed by atoms with E-state index in [1.807, 2.05) is 0 Å². The fraction of sp³-hybridized carbons (Fsp3) is 0.588. The van der Waals surface area contributed by atoms with Crippen LogP contribution in [0.1, 0.15) is 23.6 Å². The third-order valence-corrected chi connectivity index (χ3v) is 5.50. The van der Waals surface area contributed by atoms with Crippen LogP contribution in [0.3, 0.4) is 0 Å². The van der Waals surface area contributed by atoms with Gasteiger partial charge in [0, 0.05) is 36.7 Å². The smallest absolute Gasteiger partial charge is 0.307 e. The summed E-state index contributed by atoms with van der Waals surface area (Å²) in [7, 11) is 0. The van der Waals surface area contributed by atoms with Crippen LogP contribution in [0.2, 0.25) is 0 Å². The van der Waals surface area contributed by atoms with Crippen molar-refractivity contribution < 1.29 is 14.6 Å². The Bertz CT molecular complexity index is 561. The van der Waals surface area contributed by atoms with Crippen LogP contribution in [0, 0.1) is 5.92 Å². The van der Waals surface area contributed by atoms with Gasteiger partial charge >= 0.3 is 5.97 Å². The Kier molecular flexibility index (Phi) is 5.69. The van der Waals surface area contributed by atoms with E-state index >= 15 is 0 Å². The molecule has 1 aromatic rings. The molecule has 2 heterocycles. The molecule has 0 saturated carbocycles. The summed E-state index contributed by atoms with van der Waals surface area (Å²) < 4.78 is 6.49. The molecule has 2 saturated heterocycles. The number of carbonyl (C=O) groups is 1. The molecule has 23 heavy (non-hydrogen) atoms. The molecule has 1 aromatic carbocycles. The average molecular weight is 383 g/mol. The van der Waals surface area contributed by atoms with E-state index in [1.54, 1.807) is 0 Å². The standard InChI is InChI=1S/C17H23BrN2O3/c18-15-9-13(16-10-14(11-19-16)17(21)22)2-1-12(15)3-4-20-5-7-23-8-6-20/h1-2,9,14,16,19H,3-8,10-11H2,(H,21,22). The summed E-state index contributed by atoms with van der Waals surface area (Å²) in [6.07, 6.45) is 1.67. The topological polar surface area (TPSA) is 61.8 Å². The van der Waals surface area contributed by atoms with Crippen LogP contribution in [0.25, 0.3) is 0 Å². The van der Waals surface area contributed by atoms with Crippen molar-refractivity contribution in [1.29, 1.82) is 0 Å². The minimum absolute atomic E-state index is 0.140. The van der Waals surface area contributed by atoms with Gasteiger partial charge in [-0.25, -0.2) is 0 Å². The third kappa shape index (κ3) is 4.32. The number of carboxylic acids is 1. The molecule has 0 amide bonds. The van der Waals surface area contributed by atoms with E-state index in [2.05, 4.69) is 44.3 Å². The fourth-order valence-corrected chi connectivity index (χ4v) is 3.86. The lowest BCUT2D eigenvalue weighted by Gasteiger charge is -2.26. The Morgan fingerprint density at radius 3 is 2.83 bits per heavy atom. The Morgan fingerprint density at radius 2 is 2.17 bits per heavy atom. The van der Waals surface area contributed by atoms with E-state index < -0.39 is 5.97 Å². The summed E-state index contributed by atoms with van der Waals surface area (Å²) in [5.41, 5.74) is 2.46. The molecule has 2 unspecified atom stereocenters. The van der Waals surface area contributed by atoms with Crippen molar-refractivity contribution in [2.45, 2.75) is 18.9 Å². The molecule has 0 bridgehead atoms. The molecule has 0 aliphatic carbocycles. The van der Waals surface area contributed by atoms with Crippen LogP contribution in [0.4, 0.5) is 0 Å². The van der Waals surface area contributed by atoms with Gasteiger partial charge < -0.3 is 15.2 Å². The van der Waals surface area contributed by atoms with Gasteiger partial charge in [-0.2, -0.15) is 0 Å². The molecule has 3 rings (SSSR count). The SMILES string of the molecule is O=C(O)C1CNC(c2ccc(CCN3CCOCC3)c(Br)c2)C1. The monoisotopic (exact) mass is 382 g/mol. The first-order valence-electron chi connectivity index (χ1n) is 8.18. The molecule has 0 aromatic heterocycles. The van der Waals surface area contributed by atoms with E-state index in [9.17, 15) is 4.79 Å². The third-order valence-electron chi connectivity index (χ3n) is 4.76. The van der Waals surface area contributed by atoms with Gasteiger partial charge in [0.25, 0.3) is 0 Å². The van der Waals surface area contributed by atoms with Crippen LogP contribution >= 0.6 is 15.9 Å². The Hall–Kier alpha value is -0.950. The minimum atomic E-state index is -0.707. The molecule has 2 N–H and O–H groups in total. The van der Waals surface area contributed by atoms with Crippen LogP contribution in [-0.4, -0.2) is 55.4 Å². The number of rotatable bonds is 5. The summed E-state index contributed by atoms with van der Waals surface area (Å²) in [5.74, 6) is -0.985. The van der Waals surface area contributed by atoms with Gasteiger partial charge in [0.05, 0.1) is 19.1 Å². The van der Waals surface area contributed by atoms with E-state index in [-0.39, 0.29) is 12.0 Å². The number of hydrogen-bond acceptors (Lipinski definition) is 4. The number of hydrogen-bond donors (Lipinski definition) is 2. The highest BCUT2D eigenvalue weighted by Crippen LogP contribution is 2.30. The first kappa shape index (κ1) is 16.9. The molecule has 2 fully saturated rings. The summed E-state index contributed by atoms with van der Waals surface area (Å²) in [4.78, 5) is 13.5. The van der Waals surface area contributed by atoms with E-state index in [4.69, 9.17) is 9.84 Å². The number of morpholine rings is 1. The van der Waals surface area contributed by atoms with Crippen molar-refractivity contribution >= 4 is 21.9 Å². The Morgan fingerprint density at radius 1 is 1.39 bits per heavy atom. The molecule has 6 heteroatoms. The minimum Gasteiger partial charge on any atom is -0.481 e. The largest absolute Gasteiger partial charge is 0.481 e. The predicted octanol–water partition coefficient (Wildman–Crippen LogP) is 2.06. The second-order valence-corrected chi connectivity index (χ2v) is 7.14. The lowest BCUT2D eigenvalue weighted by Crippen LogP contribution is -2.37. The molecule has 126 valence electrons. The molecular formula is C17H23BrN2O3. The molecule has 2 aliphatic rings. The number of carboxylic acid groups (broad SMARTS) is 1. The predicted molar refractivity (Wildman–Crippen MR) is 91.6 cm³/mol. The molecule has 2 atom stereocenters. The highest BCUT2D eigenvalue weighted by atomic mass is 79.9. The van der Waals surface area contributed by atoms with Gasteiger partial charge in [-0.1, -0.05) is 28.1 Å².